The number of benzene rings is 1. The summed E-state index contributed by atoms with van der Waals surface area (Å²) >= 11 is 12.1. The summed E-state index contributed by atoms with van der Waals surface area (Å²) in [7, 11) is 0. The zero-order valence-corrected chi connectivity index (χ0v) is 20.1. The molecule has 32 heavy (non-hydrogen) atoms. The van der Waals surface area contributed by atoms with E-state index in [2.05, 4.69) is 5.32 Å². The molecule has 0 aromatic heterocycles. The monoisotopic (exact) mass is 483 g/mol. The molecule has 0 spiro atoms. The minimum Gasteiger partial charge on any atom is -0.378 e. The van der Waals surface area contributed by atoms with Gasteiger partial charge in [0.25, 0.3) is 5.91 Å². The van der Waals surface area contributed by atoms with Gasteiger partial charge in [-0.25, -0.2) is 0 Å². The molecule has 1 aromatic rings. The lowest BCUT2D eigenvalue weighted by Gasteiger charge is -2.37. The van der Waals surface area contributed by atoms with Gasteiger partial charge in [-0.2, -0.15) is 0 Å². The van der Waals surface area contributed by atoms with Gasteiger partial charge in [0, 0.05) is 37.1 Å². The van der Waals surface area contributed by atoms with Crippen LogP contribution in [0.5, 0.6) is 0 Å². The summed E-state index contributed by atoms with van der Waals surface area (Å²) in [6.45, 7) is 7.46. The number of rotatable bonds is 6. The standard InChI is InChI=1S/C23H31Cl2N3O4/c1-15(2)13-20(26-21(29)18-4-3-17(24)14-19(18)25)23(31)27-7-5-16(6-8-27)22(30)28-9-11-32-12-10-28/h3-4,14-16,20H,5-13H2,1-2H3,(H,26,29). The molecule has 3 amide bonds. The third kappa shape index (κ3) is 6.36. The van der Waals surface area contributed by atoms with Crippen LogP contribution in [0.2, 0.25) is 10.0 Å². The van der Waals surface area contributed by atoms with Gasteiger partial charge in [-0.1, -0.05) is 37.0 Å². The van der Waals surface area contributed by atoms with Crippen LogP contribution in [0.3, 0.4) is 0 Å². The maximum Gasteiger partial charge on any atom is 0.253 e. The predicted octanol–water partition coefficient (Wildman–Crippen LogP) is 3.24. The molecule has 3 rings (SSSR count). The minimum atomic E-state index is -0.652. The molecule has 2 aliphatic heterocycles. The Balaban J connectivity index is 1.61. The van der Waals surface area contributed by atoms with Gasteiger partial charge >= 0.3 is 0 Å². The maximum atomic E-state index is 13.3. The molecular formula is C23H31Cl2N3O4. The van der Waals surface area contributed by atoms with E-state index in [4.69, 9.17) is 27.9 Å². The van der Waals surface area contributed by atoms with E-state index in [1.165, 1.54) is 6.07 Å². The van der Waals surface area contributed by atoms with Crippen LogP contribution in [0.25, 0.3) is 0 Å². The first-order chi connectivity index (χ1) is 15.3. The molecule has 1 unspecified atom stereocenters. The number of piperidine rings is 1. The summed E-state index contributed by atoms with van der Waals surface area (Å²) in [5.41, 5.74) is 0.285. The minimum absolute atomic E-state index is 0.0665. The molecule has 1 N–H and O–H groups in total. The Morgan fingerprint density at radius 2 is 1.72 bits per heavy atom. The number of likely N-dealkylation sites (tertiary alicyclic amines) is 1. The summed E-state index contributed by atoms with van der Waals surface area (Å²) in [6, 6.07) is 4.01. The summed E-state index contributed by atoms with van der Waals surface area (Å²) in [6.07, 6.45) is 1.78. The summed E-state index contributed by atoms with van der Waals surface area (Å²) in [5, 5.41) is 3.55. The lowest BCUT2D eigenvalue weighted by atomic mass is 9.93. The van der Waals surface area contributed by atoms with E-state index in [1.54, 1.807) is 17.0 Å². The molecule has 0 saturated carbocycles. The van der Waals surface area contributed by atoms with Crippen molar-refractivity contribution in [3.8, 4) is 0 Å². The smallest absolute Gasteiger partial charge is 0.253 e. The van der Waals surface area contributed by atoms with E-state index in [1.807, 2.05) is 18.7 Å². The van der Waals surface area contributed by atoms with E-state index < -0.39 is 11.9 Å². The first kappa shape index (κ1) is 24.8. The number of amides is 3. The highest BCUT2D eigenvalue weighted by atomic mass is 35.5. The SMILES string of the molecule is CC(C)CC(NC(=O)c1ccc(Cl)cc1Cl)C(=O)N1CCC(C(=O)N2CCOCC2)CC1. The van der Waals surface area contributed by atoms with E-state index in [0.717, 1.165) is 0 Å². The molecule has 1 aromatic carbocycles. The number of halogens is 2. The van der Waals surface area contributed by atoms with Gasteiger partial charge in [-0.3, -0.25) is 14.4 Å². The summed E-state index contributed by atoms with van der Waals surface area (Å²) in [5.74, 6) is -0.212. The second kappa shape index (κ2) is 11.3. The van der Waals surface area contributed by atoms with Crippen LogP contribution in [0.15, 0.2) is 18.2 Å². The van der Waals surface area contributed by atoms with Crippen molar-refractivity contribution in [1.82, 2.24) is 15.1 Å². The van der Waals surface area contributed by atoms with Crippen LogP contribution in [-0.4, -0.2) is 73.0 Å². The Morgan fingerprint density at radius 3 is 2.31 bits per heavy atom. The highest BCUT2D eigenvalue weighted by molar-refractivity contribution is 6.36. The fourth-order valence-corrected chi connectivity index (χ4v) is 4.71. The largest absolute Gasteiger partial charge is 0.378 e. The number of morpholine rings is 1. The van der Waals surface area contributed by atoms with Crippen molar-refractivity contribution < 1.29 is 19.1 Å². The third-order valence-electron chi connectivity index (χ3n) is 5.96. The topological polar surface area (TPSA) is 79.0 Å². The number of nitrogens with one attached hydrogen (secondary N) is 1. The van der Waals surface area contributed by atoms with Crippen molar-refractivity contribution >= 4 is 40.9 Å². The molecule has 2 fully saturated rings. The van der Waals surface area contributed by atoms with E-state index in [9.17, 15) is 14.4 Å². The van der Waals surface area contributed by atoms with Gasteiger partial charge in [-0.05, 0) is 43.4 Å². The van der Waals surface area contributed by atoms with Gasteiger partial charge in [0.15, 0.2) is 0 Å². The number of hydrogen-bond donors (Lipinski definition) is 1. The van der Waals surface area contributed by atoms with Crippen molar-refractivity contribution in [2.45, 2.75) is 39.2 Å². The van der Waals surface area contributed by atoms with E-state index >= 15 is 0 Å². The lowest BCUT2D eigenvalue weighted by molar-refractivity contribution is -0.144. The molecular weight excluding hydrogens is 453 g/mol. The lowest BCUT2D eigenvalue weighted by Crippen LogP contribution is -2.53. The summed E-state index contributed by atoms with van der Waals surface area (Å²) < 4.78 is 5.32. The molecule has 0 radical (unpaired) electrons. The number of hydrogen-bond acceptors (Lipinski definition) is 4. The number of nitrogens with zero attached hydrogens (tertiary/aromatic N) is 2. The number of carbonyl (C=O) groups is 3. The Kier molecular flexibility index (Phi) is 8.79. The fourth-order valence-electron chi connectivity index (χ4n) is 4.21. The van der Waals surface area contributed by atoms with Gasteiger partial charge in [0.05, 0.1) is 23.8 Å². The number of carbonyl (C=O) groups excluding carboxylic acids is 3. The average molecular weight is 484 g/mol. The molecule has 7 nitrogen and oxygen atoms in total. The molecule has 0 bridgehead atoms. The van der Waals surface area contributed by atoms with Crippen LogP contribution in [0.4, 0.5) is 0 Å². The Labute approximate surface area is 199 Å². The predicted molar refractivity (Wildman–Crippen MR) is 124 cm³/mol. The highest BCUT2D eigenvalue weighted by Gasteiger charge is 2.34. The molecule has 2 saturated heterocycles. The molecule has 2 aliphatic rings. The highest BCUT2D eigenvalue weighted by Crippen LogP contribution is 2.23. The Hall–Kier alpha value is -1.83. The van der Waals surface area contributed by atoms with Gasteiger partial charge in [0.2, 0.25) is 11.8 Å². The first-order valence-electron chi connectivity index (χ1n) is 11.2. The molecule has 2 heterocycles. The second-order valence-electron chi connectivity index (χ2n) is 8.82. The quantitative estimate of drug-likeness (QED) is 0.673. The van der Waals surface area contributed by atoms with Gasteiger partial charge in [0.1, 0.15) is 6.04 Å². The zero-order chi connectivity index (χ0) is 23.3. The second-order valence-corrected chi connectivity index (χ2v) is 9.66. The molecule has 176 valence electrons. The normalized spacial score (nSPS) is 18.5. The van der Waals surface area contributed by atoms with E-state index in [0.29, 0.717) is 63.7 Å². The van der Waals surface area contributed by atoms with Gasteiger partial charge in [-0.15, -0.1) is 0 Å². The molecule has 0 aliphatic carbocycles. The van der Waals surface area contributed by atoms with Crippen molar-refractivity contribution in [1.29, 1.82) is 0 Å². The number of ether oxygens (including phenoxy) is 1. The van der Waals surface area contributed by atoms with E-state index in [-0.39, 0.29) is 34.2 Å². The maximum absolute atomic E-state index is 13.3. The fraction of sp³-hybridized carbons (Fsp3) is 0.609. The third-order valence-corrected chi connectivity index (χ3v) is 6.51. The zero-order valence-electron chi connectivity index (χ0n) is 18.6. The first-order valence-corrected chi connectivity index (χ1v) is 11.9. The Morgan fingerprint density at radius 1 is 1.06 bits per heavy atom. The van der Waals surface area contributed by atoms with Crippen LogP contribution in [0.1, 0.15) is 43.5 Å². The van der Waals surface area contributed by atoms with Crippen molar-refractivity contribution in [3.05, 3.63) is 33.8 Å². The van der Waals surface area contributed by atoms with Crippen LogP contribution < -0.4 is 5.32 Å². The van der Waals surface area contributed by atoms with Crippen molar-refractivity contribution in [2.24, 2.45) is 11.8 Å². The molecule has 9 heteroatoms. The molecule has 1 atom stereocenters. The van der Waals surface area contributed by atoms with Gasteiger partial charge < -0.3 is 19.9 Å². The van der Waals surface area contributed by atoms with Crippen molar-refractivity contribution in [3.63, 3.8) is 0 Å². The van der Waals surface area contributed by atoms with Crippen LogP contribution in [-0.2, 0) is 14.3 Å². The average Bonchev–Trinajstić information content (AvgIpc) is 2.78. The van der Waals surface area contributed by atoms with Crippen LogP contribution >= 0.6 is 23.2 Å². The summed E-state index contributed by atoms with van der Waals surface area (Å²) in [4.78, 5) is 42.4. The van der Waals surface area contributed by atoms with Crippen molar-refractivity contribution in [2.75, 3.05) is 39.4 Å². The Bertz CT molecular complexity index is 835. The van der Waals surface area contributed by atoms with Crippen LogP contribution in [0, 0.1) is 11.8 Å².